The molecule has 0 radical (unpaired) electrons. The summed E-state index contributed by atoms with van der Waals surface area (Å²) in [4.78, 5) is 2.41. The number of anilines is 3. The maximum absolute atomic E-state index is 2.42. The van der Waals surface area contributed by atoms with Gasteiger partial charge in [0.15, 0.2) is 0 Å². The van der Waals surface area contributed by atoms with Crippen molar-refractivity contribution in [3.63, 3.8) is 0 Å². The van der Waals surface area contributed by atoms with Crippen molar-refractivity contribution < 1.29 is 0 Å². The Bertz CT molecular complexity index is 2570. The second-order valence-electron chi connectivity index (χ2n) is 15.1. The highest BCUT2D eigenvalue weighted by atomic mass is 15.1. The number of rotatable bonds is 6. The monoisotopic (exact) mass is 655 g/mol. The first-order valence-corrected chi connectivity index (χ1v) is 18.0. The first kappa shape index (κ1) is 31.1. The van der Waals surface area contributed by atoms with Gasteiger partial charge in [0.25, 0.3) is 0 Å². The third-order valence-electron chi connectivity index (χ3n) is 11.4. The van der Waals surface area contributed by atoms with Gasteiger partial charge in [0.05, 0.1) is 0 Å². The van der Waals surface area contributed by atoms with Crippen LogP contribution in [0.2, 0.25) is 0 Å². The summed E-state index contributed by atoms with van der Waals surface area (Å²) >= 11 is 0. The van der Waals surface area contributed by atoms with Crippen molar-refractivity contribution >= 4 is 38.6 Å². The molecule has 0 heterocycles. The van der Waals surface area contributed by atoms with Gasteiger partial charge < -0.3 is 4.90 Å². The van der Waals surface area contributed by atoms with E-state index in [4.69, 9.17) is 0 Å². The molecule has 0 aromatic heterocycles. The average molecular weight is 656 g/mol. The molecule has 0 amide bonds. The van der Waals surface area contributed by atoms with Crippen molar-refractivity contribution in [1.82, 2.24) is 0 Å². The maximum Gasteiger partial charge on any atom is 0.0465 e. The molecule has 8 aromatic carbocycles. The zero-order chi connectivity index (χ0) is 34.7. The van der Waals surface area contributed by atoms with Crippen LogP contribution >= 0.6 is 0 Å². The Balaban J connectivity index is 1.12. The molecule has 0 aliphatic heterocycles. The van der Waals surface area contributed by atoms with Crippen LogP contribution in [0.15, 0.2) is 176 Å². The van der Waals surface area contributed by atoms with Gasteiger partial charge in [-0.2, -0.15) is 0 Å². The fraction of sp³-hybridized carbons (Fsp3) is 0.120. The number of hydrogen-bond acceptors (Lipinski definition) is 1. The third kappa shape index (κ3) is 5.24. The predicted molar refractivity (Wildman–Crippen MR) is 218 cm³/mol. The van der Waals surface area contributed by atoms with Gasteiger partial charge in [-0.05, 0) is 109 Å². The quantitative estimate of drug-likeness (QED) is 0.172. The second kappa shape index (κ2) is 11.9. The van der Waals surface area contributed by atoms with Crippen LogP contribution in [0.4, 0.5) is 17.1 Å². The second-order valence-corrected chi connectivity index (χ2v) is 15.1. The Hall–Kier alpha value is -5.92. The Labute approximate surface area is 301 Å². The van der Waals surface area contributed by atoms with Gasteiger partial charge in [-0.3, -0.25) is 0 Å². The summed E-state index contributed by atoms with van der Waals surface area (Å²) < 4.78 is 0. The van der Waals surface area contributed by atoms with Crippen LogP contribution < -0.4 is 4.90 Å². The molecule has 0 saturated heterocycles. The Morgan fingerprint density at radius 1 is 0.392 bits per heavy atom. The summed E-state index contributed by atoms with van der Waals surface area (Å²) in [7, 11) is 0. The first-order valence-electron chi connectivity index (χ1n) is 18.0. The highest BCUT2D eigenvalue weighted by molar-refractivity contribution is 5.89. The summed E-state index contributed by atoms with van der Waals surface area (Å²) in [5.74, 6) is 0. The molecule has 246 valence electrons. The van der Waals surface area contributed by atoms with Crippen molar-refractivity contribution in [1.29, 1.82) is 0 Å². The van der Waals surface area contributed by atoms with Crippen LogP contribution in [-0.4, -0.2) is 0 Å². The molecule has 0 bridgehead atoms. The number of fused-ring (bicyclic) bond motifs is 5. The average Bonchev–Trinajstić information content (AvgIpc) is 3.40. The van der Waals surface area contributed by atoms with E-state index in [0.29, 0.717) is 0 Å². The summed E-state index contributed by atoms with van der Waals surface area (Å²) in [6.45, 7) is 9.37. The van der Waals surface area contributed by atoms with Gasteiger partial charge in [0.1, 0.15) is 0 Å². The van der Waals surface area contributed by atoms with Crippen molar-refractivity contribution in [2.24, 2.45) is 0 Å². The molecular weight excluding hydrogens is 615 g/mol. The van der Waals surface area contributed by atoms with Crippen LogP contribution in [0.5, 0.6) is 0 Å². The molecule has 1 aliphatic carbocycles. The molecule has 0 N–H and O–H groups in total. The normalized spacial score (nSPS) is 13.3. The molecule has 1 nitrogen and oxygen atoms in total. The van der Waals surface area contributed by atoms with E-state index >= 15 is 0 Å². The molecular formula is C50H41N. The first-order chi connectivity index (χ1) is 24.8. The van der Waals surface area contributed by atoms with Gasteiger partial charge in [-0.25, -0.2) is 0 Å². The van der Waals surface area contributed by atoms with Crippen molar-refractivity contribution in [2.75, 3.05) is 4.90 Å². The lowest BCUT2D eigenvalue weighted by atomic mass is 9.77. The number of benzene rings is 8. The van der Waals surface area contributed by atoms with Gasteiger partial charge in [0.2, 0.25) is 0 Å². The van der Waals surface area contributed by atoms with Crippen molar-refractivity contribution in [2.45, 2.75) is 38.5 Å². The van der Waals surface area contributed by atoms with E-state index in [1.807, 2.05) is 0 Å². The molecule has 1 aliphatic rings. The fourth-order valence-electron chi connectivity index (χ4n) is 8.22. The predicted octanol–water partition coefficient (Wildman–Crippen LogP) is 13.8. The summed E-state index contributed by atoms with van der Waals surface area (Å²) in [5, 5.41) is 5.07. The van der Waals surface area contributed by atoms with E-state index < -0.39 is 0 Å². The molecule has 9 rings (SSSR count). The maximum atomic E-state index is 2.42. The highest BCUT2D eigenvalue weighted by Crippen LogP contribution is 2.50. The summed E-state index contributed by atoms with van der Waals surface area (Å²) in [6.07, 6.45) is 0. The number of nitrogens with zero attached hydrogens (tertiary/aromatic N) is 1. The van der Waals surface area contributed by atoms with Crippen LogP contribution in [0.1, 0.15) is 49.9 Å². The van der Waals surface area contributed by atoms with Gasteiger partial charge in [0, 0.05) is 27.9 Å². The van der Waals surface area contributed by atoms with Gasteiger partial charge in [-0.15, -0.1) is 0 Å². The fourth-order valence-corrected chi connectivity index (χ4v) is 8.22. The number of hydrogen-bond donors (Lipinski definition) is 0. The SMILES string of the molecule is CC(C)(c1ccc(N(c2ccc(-c3ccc4ccccc4c3)cc2)c2ccc3c(c2)C(C)(C)c2ccccc2-3)cc1)c1ccc2ccccc2c1. The minimum atomic E-state index is -0.154. The molecule has 8 aromatic rings. The Morgan fingerprint density at radius 3 is 1.61 bits per heavy atom. The lowest BCUT2D eigenvalue weighted by Gasteiger charge is -2.30. The molecule has 51 heavy (non-hydrogen) atoms. The van der Waals surface area contributed by atoms with E-state index in [1.54, 1.807) is 0 Å². The van der Waals surface area contributed by atoms with Crippen molar-refractivity contribution in [3.05, 3.63) is 198 Å². The molecule has 1 heteroatoms. The Kier molecular flexibility index (Phi) is 7.22. The summed E-state index contributed by atoms with van der Waals surface area (Å²) in [6, 6.07) is 65.0. The highest BCUT2D eigenvalue weighted by Gasteiger charge is 2.35. The lowest BCUT2D eigenvalue weighted by molar-refractivity contribution is 0.642. The van der Waals surface area contributed by atoms with E-state index in [2.05, 4.69) is 209 Å². The van der Waals surface area contributed by atoms with E-state index in [1.165, 1.54) is 66.1 Å². The van der Waals surface area contributed by atoms with Crippen molar-refractivity contribution in [3.8, 4) is 22.3 Å². The molecule has 0 spiro atoms. The van der Waals surface area contributed by atoms with Gasteiger partial charge in [-0.1, -0.05) is 161 Å². The minimum absolute atomic E-state index is 0.0821. The van der Waals surface area contributed by atoms with Crippen LogP contribution in [-0.2, 0) is 10.8 Å². The van der Waals surface area contributed by atoms with Gasteiger partial charge >= 0.3 is 0 Å². The Morgan fingerprint density at radius 2 is 0.902 bits per heavy atom. The zero-order valence-corrected chi connectivity index (χ0v) is 29.7. The minimum Gasteiger partial charge on any atom is -0.310 e. The smallest absolute Gasteiger partial charge is 0.0465 e. The topological polar surface area (TPSA) is 3.24 Å². The van der Waals surface area contributed by atoms with E-state index in [-0.39, 0.29) is 10.8 Å². The zero-order valence-electron chi connectivity index (χ0n) is 29.7. The third-order valence-corrected chi connectivity index (χ3v) is 11.4. The summed E-state index contributed by atoms with van der Waals surface area (Å²) in [5.41, 5.74) is 13.7. The molecule has 0 fully saturated rings. The molecule has 0 saturated carbocycles. The van der Waals surface area contributed by atoms with Crippen LogP contribution in [0.3, 0.4) is 0 Å². The molecule has 0 atom stereocenters. The standard InChI is InChI=1S/C50H41N/c1-49(2,41-22-19-35-12-6-8-14-38(35)32-41)40-23-27-43(28-24-40)51(44-29-30-46-45-15-9-10-16-47(45)50(3,4)48(46)33-44)42-25-20-36(21-26-42)39-18-17-34-11-5-7-13-37(34)31-39/h5-33H,1-4H3. The largest absolute Gasteiger partial charge is 0.310 e. The van der Waals surface area contributed by atoms with Crippen LogP contribution in [0, 0.1) is 0 Å². The van der Waals surface area contributed by atoms with E-state index in [0.717, 1.165) is 17.1 Å². The lowest BCUT2D eigenvalue weighted by Crippen LogP contribution is -2.19. The molecule has 0 unspecified atom stereocenters. The van der Waals surface area contributed by atoms with Crippen LogP contribution in [0.25, 0.3) is 43.8 Å². The van der Waals surface area contributed by atoms with E-state index in [9.17, 15) is 0 Å².